The van der Waals surface area contributed by atoms with Crippen LogP contribution >= 0.6 is 11.6 Å². The number of methoxy groups -OCH3 is 1. The molecule has 2 aromatic carbocycles. The number of carbonyl (C=O) groups excluding carboxylic acids is 1. The lowest BCUT2D eigenvalue weighted by Gasteiger charge is -2.25. The van der Waals surface area contributed by atoms with E-state index < -0.39 is 5.82 Å². The molecule has 1 N–H and O–H groups in total. The average Bonchev–Trinajstić information content (AvgIpc) is 3.08. The molecule has 0 bridgehead atoms. The van der Waals surface area contributed by atoms with Gasteiger partial charge >= 0.3 is 6.03 Å². The molecule has 0 aromatic heterocycles. The van der Waals surface area contributed by atoms with Crippen LogP contribution in [0.15, 0.2) is 42.5 Å². The van der Waals surface area contributed by atoms with Crippen LogP contribution in [0, 0.1) is 5.82 Å². The predicted octanol–water partition coefficient (Wildman–Crippen LogP) is 4.86. The minimum atomic E-state index is -0.553. The average molecular weight is 349 g/mol. The van der Waals surface area contributed by atoms with Gasteiger partial charge in [0.25, 0.3) is 0 Å². The fourth-order valence-electron chi connectivity index (χ4n) is 2.95. The summed E-state index contributed by atoms with van der Waals surface area (Å²) in [5.41, 5.74) is 1.45. The van der Waals surface area contributed by atoms with E-state index in [-0.39, 0.29) is 17.1 Å². The minimum Gasteiger partial charge on any atom is -0.497 e. The molecule has 0 aliphatic carbocycles. The molecule has 6 heteroatoms. The molecule has 1 saturated heterocycles. The highest BCUT2D eigenvalue weighted by molar-refractivity contribution is 6.30. The van der Waals surface area contributed by atoms with Gasteiger partial charge in [-0.1, -0.05) is 23.7 Å². The normalized spacial score (nSPS) is 17.0. The summed E-state index contributed by atoms with van der Waals surface area (Å²) in [6.07, 6.45) is 1.83. The second-order valence-corrected chi connectivity index (χ2v) is 6.09. The van der Waals surface area contributed by atoms with Crippen molar-refractivity contribution >= 4 is 23.3 Å². The van der Waals surface area contributed by atoms with Gasteiger partial charge in [-0.3, -0.25) is 0 Å². The zero-order valence-electron chi connectivity index (χ0n) is 13.3. The van der Waals surface area contributed by atoms with E-state index in [2.05, 4.69) is 5.32 Å². The molecule has 1 fully saturated rings. The SMILES string of the molecule is COc1ccc(C2CCCN2C(=O)Nc2ccc(Cl)c(F)c2)cc1. The van der Waals surface area contributed by atoms with Crippen LogP contribution in [0.2, 0.25) is 5.02 Å². The Morgan fingerprint density at radius 1 is 1.29 bits per heavy atom. The Bertz CT molecular complexity index is 736. The van der Waals surface area contributed by atoms with Gasteiger partial charge in [0.1, 0.15) is 11.6 Å². The highest BCUT2D eigenvalue weighted by Crippen LogP contribution is 2.33. The minimum absolute atomic E-state index is 0.00746. The lowest BCUT2D eigenvalue weighted by molar-refractivity contribution is 0.207. The summed E-state index contributed by atoms with van der Waals surface area (Å²) < 4.78 is 18.7. The number of nitrogens with one attached hydrogen (secondary N) is 1. The molecule has 1 aliphatic heterocycles. The number of nitrogens with zero attached hydrogens (tertiary/aromatic N) is 1. The van der Waals surface area contributed by atoms with E-state index in [1.807, 2.05) is 24.3 Å². The lowest BCUT2D eigenvalue weighted by atomic mass is 10.0. The number of hydrogen-bond donors (Lipinski definition) is 1. The second kappa shape index (κ2) is 7.09. The summed E-state index contributed by atoms with van der Waals surface area (Å²) in [6, 6.07) is 11.7. The highest BCUT2D eigenvalue weighted by atomic mass is 35.5. The molecule has 0 spiro atoms. The van der Waals surface area contributed by atoms with Crippen LogP contribution in [0.4, 0.5) is 14.9 Å². The molecule has 2 aromatic rings. The second-order valence-electron chi connectivity index (χ2n) is 5.68. The molecule has 1 aliphatic rings. The van der Waals surface area contributed by atoms with Gasteiger partial charge < -0.3 is 15.0 Å². The molecule has 1 unspecified atom stereocenters. The lowest BCUT2D eigenvalue weighted by Crippen LogP contribution is -2.34. The van der Waals surface area contributed by atoms with Crippen LogP contribution in [-0.4, -0.2) is 24.6 Å². The highest BCUT2D eigenvalue weighted by Gasteiger charge is 2.30. The van der Waals surface area contributed by atoms with Crippen molar-refractivity contribution in [1.82, 2.24) is 4.90 Å². The van der Waals surface area contributed by atoms with Gasteiger partial charge in [-0.2, -0.15) is 0 Å². The van der Waals surface area contributed by atoms with Crippen LogP contribution in [0.25, 0.3) is 0 Å². The van der Waals surface area contributed by atoms with Crippen LogP contribution in [0.3, 0.4) is 0 Å². The van der Waals surface area contributed by atoms with Gasteiger partial charge in [-0.25, -0.2) is 9.18 Å². The zero-order valence-corrected chi connectivity index (χ0v) is 14.0. The van der Waals surface area contributed by atoms with Crippen molar-refractivity contribution in [3.8, 4) is 5.75 Å². The van der Waals surface area contributed by atoms with Crippen molar-refractivity contribution in [2.75, 3.05) is 19.0 Å². The maximum atomic E-state index is 13.5. The Hall–Kier alpha value is -2.27. The number of benzene rings is 2. The standard InChI is InChI=1S/C18H18ClFN2O2/c1-24-14-7-4-12(5-8-14)17-3-2-10-22(17)18(23)21-13-6-9-15(19)16(20)11-13/h4-9,11,17H,2-3,10H2,1H3,(H,21,23). The summed E-state index contributed by atoms with van der Waals surface area (Å²) in [5.74, 6) is 0.229. The number of urea groups is 1. The smallest absolute Gasteiger partial charge is 0.322 e. The van der Waals surface area contributed by atoms with E-state index in [0.717, 1.165) is 24.2 Å². The number of rotatable bonds is 3. The number of anilines is 1. The third-order valence-electron chi connectivity index (χ3n) is 4.19. The Labute approximate surface area is 145 Å². The Morgan fingerprint density at radius 2 is 2.04 bits per heavy atom. The van der Waals surface area contributed by atoms with E-state index >= 15 is 0 Å². The maximum Gasteiger partial charge on any atom is 0.322 e. The maximum absolute atomic E-state index is 13.5. The first kappa shape index (κ1) is 16.6. The number of ether oxygens (including phenoxy) is 1. The number of halogens is 2. The largest absolute Gasteiger partial charge is 0.497 e. The molecule has 0 saturated carbocycles. The van der Waals surface area contributed by atoms with Crippen LogP contribution < -0.4 is 10.1 Å². The van der Waals surface area contributed by atoms with E-state index in [1.165, 1.54) is 12.1 Å². The summed E-state index contributed by atoms with van der Waals surface area (Å²) in [5, 5.41) is 2.77. The first-order valence-corrected chi connectivity index (χ1v) is 8.13. The first-order chi connectivity index (χ1) is 11.6. The van der Waals surface area contributed by atoms with E-state index in [1.54, 1.807) is 18.1 Å². The molecular formula is C18H18ClFN2O2. The van der Waals surface area contributed by atoms with Gasteiger partial charge in [0.05, 0.1) is 18.2 Å². The summed E-state index contributed by atoms with van der Waals surface area (Å²) in [7, 11) is 1.62. The van der Waals surface area contributed by atoms with Crippen molar-refractivity contribution in [3.63, 3.8) is 0 Å². The molecule has 2 amide bonds. The molecule has 24 heavy (non-hydrogen) atoms. The summed E-state index contributed by atoms with van der Waals surface area (Å²) in [6.45, 7) is 0.665. The topological polar surface area (TPSA) is 41.6 Å². The summed E-state index contributed by atoms with van der Waals surface area (Å²) >= 11 is 5.66. The van der Waals surface area contributed by atoms with Gasteiger partial charge in [0, 0.05) is 12.2 Å². The molecular weight excluding hydrogens is 331 g/mol. The van der Waals surface area contributed by atoms with E-state index in [4.69, 9.17) is 16.3 Å². The summed E-state index contributed by atoms with van der Waals surface area (Å²) in [4.78, 5) is 14.3. The third kappa shape index (κ3) is 3.46. The van der Waals surface area contributed by atoms with Crippen molar-refractivity contribution < 1.29 is 13.9 Å². The van der Waals surface area contributed by atoms with Crippen LogP contribution in [-0.2, 0) is 0 Å². The monoisotopic (exact) mass is 348 g/mol. The van der Waals surface area contributed by atoms with Crippen molar-refractivity contribution in [2.24, 2.45) is 0 Å². The van der Waals surface area contributed by atoms with Gasteiger partial charge in [-0.15, -0.1) is 0 Å². The molecule has 1 heterocycles. The van der Waals surface area contributed by atoms with Crippen LogP contribution in [0.1, 0.15) is 24.4 Å². The zero-order chi connectivity index (χ0) is 17.1. The number of hydrogen-bond acceptors (Lipinski definition) is 2. The molecule has 1 atom stereocenters. The number of likely N-dealkylation sites (tertiary alicyclic amines) is 1. The van der Waals surface area contributed by atoms with Crippen molar-refractivity contribution in [3.05, 3.63) is 58.9 Å². The van der Waals surface area contributed by atoms with Gasteiger partial charge in [0.15, 0.2) is 0 Å². The Kier molecular flexibility index (Phi) is 4.90. The van der Waals surface area contributed by atoms with E-state index in [9.17, 15) is 9.18 Å². The van der Waals surface area contributed by atoms with E-state index in [0.29, 0.717) is 12.2 Å². The predicted molar refractivity (Wildman–Crippen MR) is 92.1 cm³/mol. The van der Waals surface area contributed by atoms with Gasteiger partial charge in [0.2, 0.25) is 0 Å². The molecule has 3 rings (SSSR count). The molecule has 4 nitrogen and oxygen atoms in total. The number of carbonyl (C=O) groups is 1. The number of amides is 2. The quantitative estimate of drug-likeness (QED) is 0.860. The van der Waals surface area contributed by atoms with Crippen molar-refractivity contribution in [2.45, 2.75) is 18.9 Å². The molecule has 126 valence electrons. The first-order valence-electron chi connectivity index (χ1n) is 7.75. The fourth-order valence-corrected chi connectivity index (χ4v) is 3.07. The van der Waals surface area contributed by atoms with Crippen molar-refractivity contribution in [1.29, 1.82) is 0 Å². The third-order valence-corrected chi connectivity index (χ3v) is 4.49. The molecule has 0 radical (unpaired) electrons. The van der Waals surface area contributed by atoms with Crippen LogP contribution in [0.5, 0.6) is 5.75 Å². The fraction of sp³-hybridized carbons (Fsp3) is 0.278. The van der Waals surface area contributed by atoms with Gasteiger partial charge in [-0.05, 0) is 48.7 Å². The Balaban J connectivity index is 1.74. The Morgan fingerprint density at radius 3 is 2.71 bits per heavy atom.